The SMILES string of the molecule is CCC1OC(=O)[C@H](C)C(O[C@H]2C[C@@](C)(OC)[C@@H](O)[C@H](C)O2)[C@H](C)[C@@H](O[C@@H]2O[C@H](C)C[C@H](N(C)C)[C@H]2O)[C@](C)(O)C[C@@H](C)[C@H](NS(=O)(=O)c2ccc(NC(C)=O)cc2)[C@H](C)[C@@H](O)[C@]1(C)O. The molecule has 64 heavy (non-hydrogen) atoms. The van der Waals surface area contributed by atoms with Crippen LogP contribution in [0.1, 0.15) is 102 Å². The number of likely N-dealkylation sites (N-methyl/N-ethyl adjacent to an activating group) is 1. The van der Waals surface area contributed by atoms with Crippen LogP contribution in [-0.2, 0) is 48.0 Å². The Morgan fingerprint density at radius 1 is 0.922 bits per heavy atom. The number of esters is 1. The molecule has 18 nitrogen and oxygen atoms in total. The molecule has 3 aliphatic heterocycles. The molecule has 1 aromatic rings. The maximum Gasteiger partial charge on any atom is 0.311 e. The number of aliphatic hydroxyl groups is 5. The fourth-order valence-electron chi connectivity index (χ4n) is 10.00. The highest BCUT2D eigenvalue weighted by molar-refractivity contribution is 7.89. The number of cyclic esters (lactones) is 1. The van der Waals surface area contributed by atoms with Crippen molar-refractivity contribution in [2.24, 2.45) is 23.7 Å². The molecule has 4 rings (SSSR count). The van der Waals surface area contributed by atoms with Gasteiger partial charge >= 0.3 is 5.97 Å². The third-order valence-corrected chi connectivity index (χ3v) is 15.4. The lowest BCUT2D eigenvalue weighted by atomic mass is 9.72. The number of hydrogen-bond donors (Lipinski definition) is 7. The van der Waals surface area contributed by atoms with Crippen molar-refractivity contribution in [3.05, 3.63) is 24.3 Å². The molecule has 3 saturated heterocycles. The number of sulfonamides is 1. The molecule has 3 heterocycles. The van der Waals surface area contributed by atoms with E-state index in [1.54, 1.807) is 48.5 Å². The van der Waals surface area contributed by atoms with Crippen LogP contribution in [0, 0.1) is 23.7 Å². The van der Waals surface area contributed by atoms with Crippen LogP contribution in [0.2, 0.25) is 0 Å². The van der Waals surface area contributed by atoms with Crippen molar-refractivity contribution in [1.29, 1.82) is 0 Å². The summed E-state index contributed by atoms with van der Waals surface area (Å²) in [7, 11) is 0.741. The van der Waals surface area contributed by atoms with Gasteiger partial charge < -0.3 is 64.2 Å². The van der Waals surface area contributed by atoms with E-state index in [-0.39, 0.29) is 36.2 Å². The molecule has 3 fully saturated rings. The zero-order chi connectivity index (χ0) is 48.4. The van der Waals surface area contributed by atoms with Crippen LogP contribution in [0.25, 0.3) is 0 Å². The van der Waals surface area contributed by atoms with Crippen LogP contribution < -0.4 is 10.0 Å². The monoisotopic (exact) mass is 932 g/mol. The number of nitrogens with one attached hydrogen (secondary N) is 2. The van der Waals surface area contributed by atoms with Gasteiger partial charge in [0, 0.05) is 50.1 Å². The van der Waals surface area contributed by atoms with Crippen molar-refractivity contribution < 1.29 is 72.0 Å². The minimum Gasteiger partial charge on any atom is -0.459 e. The van der Waals surface area contributed by atoms with Gasteiger partial charge in [0.1, 0.15) is 23.9 Å². The Morgan fingerprint density at radius 3 is 2.08 bits per heavy atom. The normalized spacial score (nSPS) is 43.3. The van der Waals surface area contributed by atoms with E-state index in [0.29, 0.717) is 12.1 Å². The number of anilines is 1. The molecule has 0 bridgehead atoms. The van der Waals surface area contributed by atoms with Gasteiger partial charge in [-0.15, -0.1) is 0 Å². The molecule has 0 aliphatic carbocycles. The number of hydrogen-bond acceptors (Lipinski definition) is 16. The zero-order valence-corrected chi connectivity index (χ0v) is 40.9. The van der Waals surface area contributed by atoms with E-state index >= 15 is 0 Å². The highest BCUT2D eigenvalue weighted by atomic mass is 32.2. The molecule has 1 amide bonds. The number of rotatable bonds is 11. The van der Waals surface area contributed by atoms with E-state index in [9.17, 15) is 43.5 Å². The van der Waals surface area contributed by atoms with Crippen molar-refractivity contribution in [3.8, 4) is 0 Å². The Bertz CT molecular complexity index is 1820. The van der Waals surface area contributed by atoms with Crippen LogP contribution in [-0.4, -0.2) is 162 Å². The van der Waals surface area contributed by atoms with Gasteiger partial charge in [-0.3, -0.25) is 9.59 Å². The lowest BCUT2D eigenvalue weighted by molar-refractivity contribution is -0.318. The Balaban J connectivity index is 1.90. The number of benzene rings is 1. The maximum atomic E-state index is 14.5. The minimum absolute atomic E-state index is 0.0413. The highest BCUT2D eigenvalue weighted by Gasteiger charge is 2.54. The molecule has 1 aromatic carbocycles. The summed E-state index contributed by atoms with van der Waals surface area (Å²) in [6.07, 6.45) is -10.8. The standard InChI is InChI=1S/C45H77N3O15S/c1-15-33-45(11,55)38(51)25(4)35(47-64(56,57)31-18-16-30(17-19-31)46-29(8)49)23(2)21-43(9,54)40(63-42-36(50)32(48(12)13)20-24(3)59-42)26(5)37(27(6)41(53)61-33)62-34-22-44(10,58-14)39(52)28(7)60-34/h16-19,23-28,32-40,42,47,50-52,54-55H,15,20-22H2,1-14H3,(H,46,49)/t23-,24-,25+,26+,27-,28+,32+,33?,34+,35+,36-,37?,38-,39+,40-,42+,43-,44-,45-/m1/s1. The second-order valence-corrected chi connectivity index (χ2v) is 21.3. The summed E-state index contributed by atoms with van der Waals surface area (Å²) in [5.74, 6) is -5.14. The molecule has 7 N–H and O–H groups in total. The fourth-order valence-corrected chi connectivity index (χ4v) is 11.4. The third-order valence-electron chi connectivity index (χ3n) is 13.9. The number of carbonyl (C=O) groups is 2. The predicted molar refractivity (Wildman–Crippen MR) is 236 cm³/mol. The van der Waals surface area contributed by atoms with E-state index in [0.717, 1.165) is 0 Å². The van der Waals surface area contributed by atoms with Gasteiger partial charge in [-0.25, -0.2) is 13.1 Å². The summed E-state index contributed by atoms with van der Waals surface area (Å²) < 4.78 is 68.8. The van der Waals surface area contributed by atoms with Crippen molar-refractivity contribution >= 4 is 27.6 Å². The number of carbonyl (C=O) groups excluding carboxylic acids is 2. The van der Waals surface area contributed by atoms with E-state index in [2.05, 4.69) is 10.0 Å². The average molecular weight is 932 g/mol. The van der Waals surface area contributed by atoms with Crippen molar-refractivity contribution in [3.63, 3.8) is 0 Å². The summed E-state index contributed by atoms with van der Waals surface area (Å²) in [5, 5.41) is 62.5. The van der Waals surface area contributed by atoms with Crippen molar-refractivity contribution in [2.75, 3.05) is 26.5 Å². The van der Waals surface area contributed by atoms with Gasteiger partial charge in [-0.2, -0.15) is 0 Å². The first-order valence-electron chi connectivity index (χ1n) is 22.4. The molecule has 0 aromatic heterocycles. The van der Waals surface area contributed by atoms with Gasteiger partial charge in [-0.05, 0) is 105 Å². The number of ether oxygens (including phenoxy) is 6. The molecule has 19 atom stereocenters. The van der Waals surface area contributed by atoms with E-state index < -0.39 is 124 Å². The highest BCUT2D eigenvalue weighted by Crippen LogP contribution is 2.41. The maximum absolute atomic E-state index is 14.5. The lowest BCUT2D eigenvalue weighted by Gasteiger charge is -2.49. The first-order chi connectivity index (χ1) is 29.5. The number of methoxy groups -OCH3 is 1. The van der Waals surface area contributed by atoms with E-state index in [1.165, 1.54) is 52.1 Å². The van der Waals surface area contributed by atoms with Crippen molar-refractivity contribution in [2.45, 2.75) is 197 Å². The first-order valence-corrected chi connectivity index (χ1v) is 23.9. The van der Waals surface area contributed by atoms with Crippen LogP contribution in [0.15, 0.2) is 29.2 Å². The van der Waals surface area contributed by atoms with E-state index in [1.807, 2.05) is 25.9 Å². The van der Waals surface area contributed by atoms with Crippen LogP contribution in [0.4, 0.5) is 5.69 Å². The summed E-state index contributed by atoms with van der Waals surface area (Å²) in [6.45, 7) is 17.6. The zero-order valence-electron chi connectivity index (χ0n) is 40.0. The van der Waals surface area contributed by atoms with Crippen LogP contribution in [0.5, 0.6) is 0 Å². The molecular formula is C45H77N3O15S. The molecular weight excluding hydrogens is 855 g/mol. The van der Waals surface area contributed by atoms with Crippen LogP contribution >= 0.6 is 0 Å². The summed E-state index contributed by atoms with van der Waals surface area (Å²) >= 11 is 0. The van der Waals surface area contributed by atoms with Gasteiger partial charge in [0.05, 0.1) is 52.5 Å². The Morgan fingerprint density at radius 2 is 1.53 bits per heavy atom. The third kappa shape index (κ3) is 12.2. The number of nitrogens with zero attached hydrogens (tertiary/aromatic N) is 1. The predicted octanol–water partition coefficient (Wildman–Crippen LogP) is 2.52. The molecule has 19 heteroatoms. The Hall–Kier alpha value is -2.37. The summed E-state index contributed by atoms with van der Waals surface area (Å²) in [5.41, 5.74) is -4.79. The smallest absolute Gasteiger partial charge is 0.311 e. The summed E-state index contributed by atoms with van der Waals surface area (Å²) in [6, 6.07) is 3.93. The topological polar surface area (TPSA) is 252 Å². The van der Waals surface area contributed by atoms with Gasteiger partial charge in [0.15, 0.2) is 12.6 Å². The van der Waals surface area contributed by atoms with Gasteiger partial charge in [0.2, 0.25) is 15.9 Å². The van der Waals surface area contributed by atoms with Gasteiger partial charge in [0.25, 0.3) is 0 Å². The largest absolute Gasteiger partial charge is 0.459 e. The average Bonchev–Trinajstić information content (AvgIpc) is 3.21. The Labute approximate surface area is 379 Å². The first kappa shape index (κ1) is 54.2. The van der Waals surface area contributed by atoms with Crippen molar-refractivity contribution in [1.82, 2.24) is 9.62 Å². The molecule has 368 valence electrons. The quantitative estimate of drug-likeness (QED) is 0.158. The lowest BCUT2D eigenvalue weighted by Crippen LogP contribution is -2.62. The Kier molecular flexibility index (Phi) is 18.0. The minimum atomic E-state index is -4.38. The molecule has 2 unspecified atom stereocenters. The van der Waals surface area contributed by atoms with Gasteiger partial charge in [-0.1, -0.05) is 27.7 Å². The second kappa shape index (κ2) is 21.3. The number of aliphatic hydroxyl groups excluding tert-OH is 3. The molecule has 3 aliphatic rings. The second-order valence-electron chi connectivity index (χ2n) is 19.6. The molecule has 0 spiro atoms. The molecule has 0 saturated carbocycles. The number of amides is 1. The van der Waals surface area contributed by atoms with E-state index in [4.69, 9.17) is 28.4 Å². The summed E-state index contributed by atoms with van der Waals surface area (Å²) in [4.78, 5) is 27.8. The van der Waals surface area contributed by atoms with Crippen LogP contribution in [0.3, 0.4) is 0 Å². The fraction of sp³-hybridized carbons (Fsp3) is 0.822. The molecule has 0 radical (unpaired) electrons.